The number of nitrogens with zero attached hydrogens (tertiary/aromatic N) is 2. The maximum absolute atomic E-state index is 5.71. The highest BCUT2D eigenvalue weighted by Crippen LogP contribution is 2.23. The zero-order valence-corrected chi connectivity index (χ0v) is 12.8. The first-order chi connectivity index (χ1) is 10.2. The molecule has 0 bridgehead atoms. The van der Waals surface area contributed by atoms with Crippen molar-refractivity contribution in [2.45, 2.75) is 39.0 Å². The van der Waals surface area contributed by atoms with Gasteiger partial charge in [0, 0.05) is 18.3 Å². The Morgan fingerprint density at radius 2 is 2.00 bits per heavy atom. The number of nitrogen functional groups attached to an aromatic ring is 1. The van der Waals surface area contributed by atoms with Gasteiger partial charge in [0.1, 0.15) is 5.82 Å². The van der Waals surface area contributed by atoms with E-state index in [1.807, 2.05) is 12.3 Å². The average molecular weight is 284 g/mol. The van der Waals surface area contributed by atoms with Gasteiger partial charge in [-0.25, -0.2) is 4.98 Å². The van der Waals surface area contributed by atoms with Gasteiger partial charge in [0.05, 0.1) is 0 Å². The summed E-state index contributed by atoms with van der Waals surface area (Å²) in [5, 5.41) is 3.38. The Balaban J connectivity index is 2.11. The lowest BCUT2D eigenvalue weighted by Crippen LogP contribution is -2.10. The number of nitrogens with one attached hydrogen (secondary N) is 1. The predicted molar refractivity (Wildman–Crippen MR) is 88.4 cm³/mol. The monoisotopic (exact) mass is 284 g/mol. The van der Waals surface area contributed by atoms with E-state index in [1.165, 1.54) is 5.56 Å². The summed E-state index contributed by atoms with van der Waals surface area (Å²) in [6, 6.07) is 10.5. The molecule has 0 fully saturated rings. The smallest absolute Gasteiger partial charge is 0.221 e. The van der Waals surface area contributed by atoms with Gasteiger partial charge in [-0.1, -0.05) is 50.6 Å². The quantitative estimate of drug-likeness (QED) is 0.762. The lowest BCUT2D eigenvalue weighted by atomic mass is 9.94. The van der Waals surface area contributed by atoms with Gasteiger partial charge < -0.3 is 11.1 Å². The summed E-state index contributed by atoms with van der Waals surface area (Å²) in [4.78, 5) is 8.49. The second-order valence-corrected chi connectivity index (χ2v) is 5.40. The van der Waals surface area contributed by atoms with Crippen LogP contribution in [0.5, 0.6) is 0 Å². The molecule has 2 rings (SSSR count). The Morgan fingerprint density at radius 3 is 2.71 bits per heavy atom. The Kier molecular flexibility index (Phi) is 5.55. The fourth-order valence-corrected chi connectivity index (χ4v) is 2.34. The molecular weight excluding hydrogens is 260 g/mol. The number of nitrogens with two attached hydrogens (primary N) is 1. The van der Waals surface area contributed by atoms with Gasteiger partial charge in [-0.15, -0.1) is 0 Å². The van der Waals surface area contributed by atoms with Gasteiger partial charge >= 0.3 is 0 Å². The van der Waals surface area contributed by atoms with Gasteiger partial charge in [0.2, 0.25) is 5.95 Å². The number of rotatable bonds is 7. The summed E-state index contributed by atoms with van der Waals surface area (Å²) < 4.78 is 0. The molecule has 0 spiro atoms. The molecule has 4 heteroatoms. The number of hydrogen-bond donors (Lipinski definition) is 2. The molecule has 0 aliphatic rings. The molecule has 1 aromatic carbocycles. The van der Waals surface area contributed by atoms with Crippen molar-refractivity contribution in [1.82, 2.24) is 9.97 Å². The Hall–Kier alpha value is -2.10. The number of benzene rings is 1. The van der Waals surface area contributed by atoms with Crippen LogP contribution in [0.2, 0.25) is 0 Å². The molecule has 21 heavy (non-hydrogen) atoms. The van der Waals surface area contributed by atoms with Crippen LogP contribution >= 0.6 is 0 Å². The van der Waals surface area contributed by atoms with Gasteiger partial charge in [0.15, 0.2) is 0 Å². The third kappa shape index (κ3) is 4.45. The predicted octanol–water partition coefficient (Wildman–Crippen LogP) is 3.62. The van der Waals surface area contributed by atoms with Crippen molar-refractivity contribution in [3.63, 3.8) is 0 Å². The molecule has 4 nitrogen and oxygen atoms in total. The summed E-state index contributed by atoms with van der Waals surface area (Å²) in [6.45, 7) is 5.32. The van der Waals surface area contributed by atoms with E-state index in [1.54, 1.807) is 0 Å². The van der Waals surface area contributed by atoms with E-state index in [0.717, 1.165) is 37.2 Å². The topological polar surface area (TPSA) is 63.8 Å². The van der Waals surface area contributed by atoms with Gasteiger partial charge in [-0.05, 0) is 24.3 Å². The minimum atomic E-state index is 0.324. The van der Waals surface area contributed by atoms with E-state index in [2.05, 4.69) is 53.4 Å². The third-order valence-electron chi connectivity index (χ3n) is 3.60. The molecule has 112 valence electrons. The van der Waals surface area contributed by atoms with E-state index in [9.17, 15) is 0 Å². The van der Waals surface area contributed by atoms with Crippen LogP contribution in [0.4, 0.5) is 11.8 Å². The fourth-order valence-electron chi connectivity index (χ4n) is 2.34. The number of aromatic nitrogens is 2. The summed E-state index contributed by atoms with van der Waals surface area (Å²) in [5.74, 6) is 1.62. The van der Waals surface area contributed by atoms with Crippen LogP contribution in [0.3, 0.4) is 0 Å². The molecule has 2 aromatic rings. The number of anilines is 2. The minimum Gasteiger partial charge on any atom is -0.370 e. The fraction of sp³-hybridized carbons (Fsp3) is 0.412. The van der Waals surface area contributed by atoms with Crippen molar-refractivity contribution in [2.24, 2.45) is 0 Å². The van der Waals surface area contributed by atoms with Crippen LogP contribution < -0.4 is 11.1 Å². The van der Waals surface area contributed by atoms with E-state index < -0.39 is 0 Å². The van der Waals surface area contributed by atoms with E-state index >= 15 is 0 Å². The van der Waals surface area contributed by atoms with E-state index in [4.69, 9.17) is 5.73 Å². The highest BCUT2D eigenvalue weighted by atomic mass is 15.1. The first kappa shape index (κ1) is 15.3. The van der Waals surface area contributed by atoms with E-state index in [0.29, 0.717) is 11.9 Å². The molecule has 0 aliphatic heterocycles. The van der Waals surface area contributed by atoms with Crippen molar-refractivity contribution in [1.29, 1.82) is 0 Å². The van der Waals surface area contributed by atoms with Crippen molar-refractivity contribution in [3.05, 3.63) is 47.7 Å². The Labute approximate surface area is 126 Å². The molecule has 1 atom stereocenters. The molecule has 0 radical (unpaired) electrons. The highest BCUT2D eigenvalue weighted by Gasteiger charge is 2.11. The van der Waals surface area contributed by atoms with Gasteiger partial charge in [-0.3, -0.25) is 0 Å². The third-order valence-corrected chi connectivity index (χ3v) is 3.60. The van der Waals surface area contributed by atoms with Crippen LogP contribution in [0, 0.1) is 0 Å². The summed E-state index contributed by atoms with van der Waals surface area (Å²) >= 11 is 0. The maximum atomic E-state index is 5.71. The van der Waals surface area contributed by atoms with Gasteiger partial charge in [-0.2, -0.15) is 4.98 Å². The standard InChI is InChI=1S/C17H24N4/c1-3-4-10-19-16-15(12-20-17(18)21-16)11-13(2)14-8-6-5-7-9-14/h5-9,12-13H,3-4,10-11H2,1-2H3,(H3,18,19,20,21). The second kappa shape index (κ2) is 7.62. The molecule has 3 N–H and O–H groups in total. The second-order valence-electron chi connectivity index (χ2n) is 5.40. The first-order valence-electron chi connectivity index (χ1n) is 7.61. The molecule has 0 saturated heterocycles. The van der Waals surface area contributed by atoms with Crippen molar-refractivity contribution >= 4 is 11.8 Å². The molecule has 1 heterocycles. The van der Waals surface area contributed by atoms with Crippen LogP contribution in [0.1, 0.15) is 43.7 Å². The summed E-state index contributed by atoms with van der Waals surface area (Å²) in [6.07, 6.45) is 5.02. The zero-order chi connectivity index (χ0) is 15.1. The maximum Gasteiger partial charge on any atom is 0.221 e. The van der Waals surface area contributed by atoms with Crippen LogP contribution in [-0.2, 0) is 6.42 Å². The Morgan fingerprint density at radius 1 is 1.24 bits per heavy atom. The molecule has 0 aliphatic carbocycles. The Bertz CT molecular complexity index is 554. The van der Waals surface area contributed by atoms with E-state index in [-0.39, 0.29) is 0 Å². The molecule has 0 saturated carbocycles. The van der Waals surface area contributed by atoms with Crippen LogP contribution in [-0.4, -0.2) is 16.5 Å². The summed E-state index contributed by atoms with van der Waals surface area (Å²) in [7, 11) is 0. The molecule has 1 unspecified atom stereocenters. The van der Waals surface area contributed by atoms with Crippen LogP contribution in [0.25, 0.3) is 0 Å². The van der Waals surface area contributed by atoms with Crippen LogP contribution in [0.15, 0.2) is 36.5 Å². The largest absolute Gasteiger partial charge is 0.370 e. The normalized spacial score (nSPS) is 12.1. The number of hydrogen-bond acceptors (Lipinski definition) is 4. The highest BCUT2D eigenvalue weighted by molar-refractivity contribution is 5.46. The lowest BCUT2D eigenvalue weighted by Gasteiger charge is -2.15. The average Bonchev–Trinajstić information content (AvgIpc) is 2.51. The SMILES string of the molecule is CCCCNc1nc(N)ncc1CC(C)c1ccccc1. The van der Waals surface area contributed by atoms with Crippen molar-refractivity contribution in [2.75, 3.05) is 17.6 Å². The lowest BCUT2D eigenvalue weighted by molar-refractivity contribution is 0.751. The first-order valence-corrected chi connectivity index (χ1v) is 7.61. The molecule has 0 amide bonds. The van der Waals surface area contributed by atoms with Gasteiger partial charge in [0.25, 0.3) is 0 Å². The minimum absolute atomic E-state index is 0.324. The molecular formula is C17H24N4. The zero-order valence-electron chi connectivity index (χ0n) is 12.8. The molecule has 1 aromatic heterocycles. The van der Waals surface area contributed by atoms with Crippen molar-refractivity contribution < 1.29 is 0 Å². The summed E-state index contributed by atoms with van der Waals surface area (Å²) in [5.41, 5.74) is 8.16. The van der Waals surface area contributed by atoms with Crippen molar-refractivity contribution in [3.8, 4) is 0 Å². The number of unbranched alkanes of at least 4 members (excludes halogenated alkanes) is 1.